The van der Waals surface area contributed by atoms with Crippen LogP contribution < -0.4 is 0 Å². The maximum Gasteiger partial charge on any atom is 0.0146 e. The lowest BCUT2D eigenvalue weighted by atomic mass is 9.78. The van der Waals surface area contributed by atoms with Crippen LogP contribution in [0.15, 0.2) is 146 Å². The minimum Gasteiger partial charge on any atom is -0.0656 e. The van der Waals surface area contributed by atoms with Gasteiger partial charge in [0.1, 0.15) is 0 Å². The Morgan fingerprint density at radius 2 is 0.316 bits per heavy atom. The largest absolute Gasteiger partial charge is 0.0656 e. The van der Waals surface area contributed by atoms with Crippen molar-refractivity contribution in [2.75, 3.05) is 0 Å². The van der Waals surface area contributed by atoms with Crippen molar-refractivity contribution in [2.24, 2.45) is 0 Å². The van der Waals surface area contributed by atoms with Crippen molar-refractivity contribution in [1.29, 1.82) is 0 Å². The van der Waals surface area contributed by atoms with Crippen LogP contribution in [0, 0.1) is 41.5 Å². The molecule has 6 aromatic carbocycles. The van der Waals surface area contributed by atoms with E-state index in [0.717, 1.165) is 0 Å². The fourth-order valence-corrected chi connectivity index (χ4v) is 6.32. The quantitative estimate of drug-likeness (QED) is 0.159. The molecule has 6 aromatic rings. The zero-order valence-electron chi connectivity index (χ0n) is 38.8. The monoisotopic (exact) mass is 761 g/mol. The van der Waals surface area contributed by atoms with Crippen molar-refractivity contribution in [1.82, 2.24) is 0 Å². The van der Waals surface area contributed by atoms with E-state index in [1.807, 2.05) is 0 Å². The smallest absolute Gasteiger partial charge is 0.0146 e. The molecule has 0 aliphatic rings. The molecule has 0 heteroatoms. The average molecular weight is 761 g/mol. The number of hydrogen-bond acceptors (Lipinski definition) is 0. The molecule has 0 heterocycles. The van der Waals surface area contributed by atoms with E-state index in [9.17, 15) is 0 Å². The molecule has 57 heavy (non-hydrogen) atoms. The molecule has 304 valence electrons. The van der Waals surface area contributed by atoms with Crippen molar-refractivity contribution < 1.29 is 0 Å². The summed E-state index contributed by atoms with van der Waals surface area (Å²) in [6, 6.07) is 53.0. The Balaban J connectivity index is 0.000000275. The SMILES string of the molecule is CCC.CCC.Cc1ccc(C(C)(C)c2ccc(C)cc2)cc1.Cc1ccc(C(C)(C)c2ccc(C)cc2)cc1.Cc1ccc(C(C)(C)c2ccc(C)cc2)cc1. The van der Waals surface area contributed by atoms with Gasteiger partial charge in [0.2, 0.25) is 0 Å². The van der Waals surface area contributed by atoms with Gasteiger partial charge in [-0.2, -0.15) is 0 Å². The van der Waals surface area contributed by atoms with Crippen molar-refractivity contribution in [3.8, 4) is 0 Å². The van der Waals surface area contributed by atoms with E-state index in [1.165, 1.54) is 79.6 Å². The van der Waals surface area contributed by atoms with Crippen LogP contribution in [-0.4, -0.2) is 0 Å². The highest BCUT2D eigenvalue weighted by Crippen LogP contribution is 2.33. The summed E-state index contributed by atoms with van der Waals surface area (Å²) in [4.78, 5) is 0. The van der Waals surface area contributed by atoms with E-state index in [0.29, 0.717) is 0 Å². The average Bonchev–Trinajstić information content (AvgIpc) is 3.17. The standard InChI is InChI=1S/3C17H20.2C3H8/c3*1-13-5-9-15(10-6-13)17(3,4)16-11-7-14(2)8-12-16;2*1-3-2/h3*5-12H,1-4H3;2*3H2,1-2H3. The third-order valence-corrected chi connectivity index (χ3v) is 10.6. The van der Waals surface area contributed by atoms with Gasteiger partial charge in [0.15, 0.2) is 0 Å². The molecule has 0 nitrogen and oxygen atoms in total. The van der Waals surface area contributed by atoms with Crippen LogP contribution >= 0.6 is 0 Å². The molecule has 6 rings (SSSR count). The van der Waals surface area contributed by atoms with Gasteiger partial charge in [0.05, 0.1) is 0 Å². The highest BCUT2D eigenvalue weighted by molar-refractivity contribution is 5.42. The molecule has 0 unspecified atom stereocenters. The zero-order chi connectivity index (χ0) is 42.8. The molecule has 0 saturated carbocycles. The fourth-order valence-electron chi connectivity index (χ4n) is 6.32. The molecule has 0 atom stereocenters. The molecular formula is C57H76. The summed E-state index contributed by atoms with van der Waals surface area (Å²) in [6.07, 6.45) is 2.50. The molecule has 0 fully saturated rings. The van der Waals surface area contributed by atoms with Gasteiger partial charge in [-0.15, -0.1) is 0 Å². The first-order chi connectivity index (χ1) is 26.8. The lowest BCUT2D eigenvalue weighted by Crippen LogP contribution is -2.18. The topological polar surface area (TPSA) is 0 Å². The summed E-state index contributed by atoms with van der Waals surface area (Å²) in [5.41, 5.74) is 16.3. The van der Waals surface area contributed by atoms with Crippen LogP contribution in [0.4, 0.5) is 0 Å². The Labute approximate surface area is 350 Å². The summed E-state index contributed by atoms with van der Waals surface area (Å²) >= 11 is 0. The number of hydrogen-bond donors (Lipinski definition) is 0. The number of benzene rings is 6. The normalized spacial score (nSPS) is 10.9. The van der Waals surface area contributed by atoms with Gasteiger partial charge in [-0.1, -0.05) is 261 Å². The minimum atomic E-state index is 0.0708. The first kappa shape index (κ1) is 48.5. The van der Waals surface area contributed by atoms with E-state index in [1.54, 1.807) is 0 Å². The third-order valence-electron chi connectivity index (χ3n) is 10.6. The molecule has 0 saturated heterocycles. The Morgan fingerprint density at radius 1 is 0.228 bits per heavy atom. The number of aryl methyl sites for hydroxylation is 6. The minimum absolute atomic E-state index is 0.0708. The van der Waals surface area contributed by atoms with Gasteiger partial charge < -0.3 is 0 Å². The van der Waals surface area contributed by atoms with E-state index in [4.69, 9.17) is 0 Å². The summed E-state index contributed by atoms with van der Waals surface area (Å²) in [5.74, 6) is 0. The molecule has 0 amide bonds. The molecule has 0 spiro atoms. The Bertz CT molecular complexity index is 1590. The molecule has 0 aliphatic heterocycles. The third kappa shape index (κ3) is 15.0. The van der Waals surface area contributed by atoms with Crippen LogP contribution in [-0.2, 0) is 16.2 Å². The molecule has 0 aliphatic carbocycles. The lowest BCUT2D eigenvalue weighted by molar-refractivity contribution is 0.640. The van der Waals surface area contributed by atoms with E-state index in [2.05, 4.69) is 256 Å². The van der Waals surface area contributed by atoms with Crippen LogP contribution in [0.1, 0.15) is 149 Å². The van der Waals surface area contributed by atoms with Gasteiger partial charge >= 0.3 is 0 Å². The van der Waals surface area contributed by atoms with Gasteiger partial charge in [0, 0.05) is 16.2 Å². The Kier molecular flexibility index (Phi) is 19.5. The maximum absolute atomic E-state index is 2.28. The van der Waals surface area contributed by atoms with Crippen molar-refractivity contribution >= 4 is 0 Å². The summed E-state index contributed by atoms with van der Waals surface area (Å²) < 4.78 is 0. The highest BCUT2D eigenvalue weighted by atomic mass is 14.3. The molecule has 0 aromatic heterocycles. The van der Waals surface area contributed by atoms with Crippen LogP contribution in [0.3, 0.4) is 0 Å². The molecule has 0 radical (unpaired) electrons. The van der Waals surface area contributed by atoms with Crippen molar-refractivity contribution in [3.63, 3.8) is 0 Å². The van der Waals surface area contributed by atoms with Gasteiger partial charge in [0.25, 0.3) is 0 Å². The number of rotatable bonds is 6. The van der Waals surface area contributed by atoms with Gasteiger partial charge in [-0.3, -0.25) is 0 Å². The zero-order valence-corrected chi connectivity index (χ0v) is 38.8. The predicted octanol–water partition coefficient (Wildman–Crippen LogP) is 16.7. The maximum atomic E-state index is 2.28. The van der Waals surface area contributed by atoms with Crippen molar-refractivity contribution in [2.45, 2.75) is 140 Å². The fraction of sp³-hybridized carbons (Fsp3) is 0.368. The highest BCUT2D eigenvalue weighted by Gasteiger charge is 2.24. The Morgan fingerprint density at radius 3 is 0.404 bits per heavy atom. The van der Waals surface area contributed by atoms with E-state index >= 15 is 0 Å². The van der Waals surface area contributed by atoms with Gasteiger partial charge in [-0.25, -0.2) is 0 Å². The summed E-state index contributed by atoms with van der Waals surface area (Å²) in [7, 11) is 0. The van der Waals surface area contributed by atoms with E-state index in [-0.39, 0.29) is 16.2 Å². The second-order valence-corrected chi connectivity index (χ2v) is 17.5. The van der Waals surface area contributed by atoms with Crippen molar-refractivity contribution in [3.05, 3.63) is 212 Å². The van der Waals surface area contributed by atoms with Crippen LogP contribution in [0.25, 0.3) is 0 Å². The second kappa shape index (κ2) is 22.9. The molecule has 0 bridgehead atoms. The molecular weight excluding hydrogens is 685 g/mol. The van der Waals surface area contributed by atoms with Crippen LogP contribution in [0.2, 0.25) is 0 Å². The summed E-state index contributed by atoms with van der Waals surface area (Å²) in [6.45, 7) is 34.9. The molecule has 0 N–H and O–H groups in total. The lowest BCUT2D eigenvalue weighted by Gasteiger charge is -2.26. The predicted molar refractivity (Wildman–Crippen MR) is 255 cm³/mol. The second-order valence-electron chi connectivity index (χ2n) is 17.5. The van der Waals surface area contributed by atoms with Gasteiger partial charge in [-0.05, 0) is 74.9 Å². The Hall–Kier alpha value is -4.68. The van der Waals surface area contributed by atoms with Crippen LogP contribution in [0.5, 0.6) is 0 Å². The van der Waals surface area contributed by atoms with E-state index < -0.39 is 0 Å². The first-order valence-corrected chi connectivity index (χ1v) is 21.3. The first-order valence-electron chi connectivity index (χ1n) is 21.3. The summed E-state index contributed by atoms with van der Waals surface area (Å²) in [5, 5.41) is 0.